The van der Waals surface area contributed by atoms with Crippen molar-refractivity contribution in [1.82, 2.24) is 24.8 Å². The van der Waals surface area contributed by atoms with Crippen molar-refractivity contribution >= 4 is 49.3 Å². The summed E-state index contributed by atoms with van der Waals surface area (Å²) >= 11 is 0.735. The molecule has 2 aromatic heterocycles. The molecule has 9 nitrogen and oxygen atoms in total. The van der Waals surface area contributed by atoms with Crippen LogP contribution in [0.2, 0.25) is 0 Å². The lowest BCUT2D eigenvalue weighted by molar-refractivity contribution is -0.137. The second-order valence-corrected chi connectivity index (χ2v) is 14.1. The minimum Gasteiger partial charge on any atom is -0.461 e. The maximum absolute atomic E-state index is 17.0. The number of nitrogens with zero attached hydrogens (tertiary/aromatic N) is 6. The number of alkyl halides is 4. The molecule has 260 valence electrons. The average molecular weight is 706 g/mol. The van der Waals surface area contributed by atoms with Crippen LogP contribution in [0.4, 0.5) is 37.3 Å². The number of nitrogens with two attached hydrogens (primary N) is 1. The van der Waals surface area contributed by atoms with Gasteiger partial charge in [-0.25, -0.2) is 18.2 Å². The molecular weight excluding hydrogens is 672 g/mol. The number of thiazole rings is 1. The first-order valence-corrected chi connectivity index (χ1v) is 16.7. The van der Waals surface area contributed by atoms with Crippen molar-refractivity contribution in [3.8, 4) is 17.1 Å². The third-order valence-electron chi connectivity index (χ3n) is 9.92. The SMILES string of the molecule is C=CC(=O)N1C[C@H](C)N(c2nc(OC[C@@]34CCCN3C[C@@H](F)C4)nc3c(F)c(-c4ccc(F)c5sc(N)nc45)c(C(F)(F)F)cc23)C[C@H]1C. The second-order valence-electron chi connectivity index (χ2n) is 13.1. The van der Waals surface area contributed by atoms with Crippen molar-refractivity contribution in [3.63, 3.8) is 0 Å². The van der Waals surface area contributed by atoms with Crippen LogP contribution in [0.5, 0.6) is 6.01 Å². The first-order valence-electron chi connectivity index (χ1n) is 15.9. The monoisotopic (exact) mass is 705 g/mol. The number of aromatic nitrogens is 3. The highest BCUT2D eigenvalue weighted by molar-refractivity contribution is 7.22. The molecular formula is C33H33F6N7O2S. The summed E-state index contributed by atoms with van der Waals surface area (Å²) in [6.45, 7) is 8.41. The summed E-state index contributed by atoms with van der Waals surface area (Å²) in [5.41, 5.74) is 2.00. The largest absolute Gasteiger partial charge is 0.461 e. The van der Waals surface area contributed by atoms with Crippen molar-refractivity contribution in [3.05, 3.63) is 48.1 Å². The van der Waals surface area contributed by atoms with Crippen molar-refractivity contribution in [2.75, 3.05) is 43.4 Å². The summed E-state index contributed by atoms with van der Waals surface area (Å²) in [5, 5.41) is -0.332. The van der Waals surface area contributed by atoms with E-state index in [0.29, 0.717) is 13.0 Å². The van der Waals surface area contributed by atoms with Gasteiger partial charge >= 0.3 is 12.2 Å². The first kappa shape index (κ1) is 33.3. The first-order chi connectivity index (χ1) is 23.2. The van der Waals surface area contributed by atoms with Gasteiger partial charge in [0.15, 0.2) is 10.9 Å². The molecule has 5 heterocycles. The number of rotatable bonds is 6. The normalized spacial score (nSPS) is 24.6. The molecule has 2 N–H and O–H groups in total. The van der Waals surface area contributed by atoms with Crippen molar-refractivity contribution in [2.24, 2.45) is 0 Å². The zero-order valence-corrected chi connectivity index (χ0v) is 27.5. The molecule has 0 spiro atoms. The summed E-state index contributed by atoms with van der Waals surface area (Å²) in [7, 11) is 0. The molecule has 3 fully saturated rings. The Labute approximate surface area is 281 Å². The van der Waals surface area contributed by atoms with Crippen LogP contribution in [-0.4, -0.2) is 87.2 Å². The van der Waals surface area contributed by atoms with E-state index in [1.165, 1.54) is 6.08 Å². The van der Waals surface area contributed by atoms with Crippen molar-refractivity contribution < 1.29 is 35.9 Å². The minimum absolute atomic E-state index is 0.00225. The van der Waals surface area contributed by atoms with Gasteiger partial charge in [0.25, 0.3) is 0 Å². The van der Waals surface area contributed by atoms with E-state index in [0.717, 1.165) is 36.0 Å². The molecule has 3 aliphatic heterocycles. The molecule has 2 aromatic carbocycles. The number of benzene rings is 2. The van der Waals surface area contributed by atoms with Gasteiger partial charge in [0, 0.05) is 54.7 Å². The molecule has 16 heteroatoms. The Kier molecular flexibility index (Phi) is 8.16. The quantitative estimate of drug-likeness (QED) is 0.183. The van der Waals surface area contributed by atoms with Crippen LogP contribution in [-0.2, 0) is 11.0 Å². The Morgan fingerprint density at radius 3 is 2.65 bits per heavy atom. The number of anilines is 2. The van der Waals surface area contributed by atoms with Crippen molar-refractivity contribution in [1.29, 1.82) is 0 Å². The zero-order valence-electron chi connectivity index (χ0n) is 26.7. The van der Waals surface area contributed by atoms with E-state index >= 15 is 4.39 Å². The number of piperazine rings is 1. The number of fused-ring (bicyclic) bond motifs is 3. The molecule has 49 heavy (non-hydrogen) atoms. The molecule has 0 bridgehead atoms. The molecule has 1 amide bonds. The maximum atomic E-state index is 17.0. The van der Waals surface area contributed by atoms with Gasteiger partial charge in [-0.15, -0.1) is 0 Å². The van der Waals surface area contributed by atoms with E-state index in [4.69, 9.17) is 10.5 Å². The van der Waals surface area contributed by atoms with Gasteiger partial charge in [-0.05, 0) is 57.5 Å². The summed E-state index contributed by atoms with van der Waals surface area (Å²) in [5.74, 6) is -2.41. The minimum atomic E-state index is -5.07. The smallest absolute Gasteiger partial charge is 0.417 e. The van der Waals surface area contributed by atoms with Gasteiger partial charge in [0.05, 0.1) is 21.3 Å². The predicted molar refractivity (Wildman–Crippen MR) is 174 cm³/mol. The fourth-order valence-electron chi connectivity index (χ4n) is 7.65. The van der Waals surface area contributed by atoms with Crippen LogP contribution in [0.1, 0.15) is 38.7 Å². The van der Waals surface area contributed by atoms with E-state index in [9.17, 15) is 26.7 Å². The third-order valence-corrected chi connectivity index (χ3v) is 10.8. The average Bonchev–Trinajstić information content (AvgIpc) is 3.72. The number of carbonyl (C=O) groups excluding carboxylic acids is 1. The topological polar surface area (TPSA) is 101 Å². The summed E-state index contributed by atoms with van der Waals surface area (Å²) in [4.78, 5) is 30.8. The molecule has 4 atom stereocenters. The van der Waals surface area contributed by atoms with Crippen LogP contribution in [0, 0.1) is 11.6 Å². The molecule has 0 aliphatic carbocycles. The third kappa shape index (κ3) is 5.62. The fourth-order valence-corrected chi connectivity index (χ4v) is 8.41. The number of ether oxygens (including phenoxy) is 1. The lowest BCUT2D eigenvalue weighted by atomic mass is 9.94. The van der Waals surface area contributed by atoms with E-state index in [1.54, 1.807) is 23.6 Å². The Hall–Kier alpha value is -4.18. The zero-order chi connectivity index (χ0) is 35.0. The molecule has 0 saturated carbocycles. The standard InChI is InChI=1S/C33H33F6N7O2S/c1-4-23(47)45-12-17(3)46(13-16(45)2)29-20-10-21(33(37,38)39)24(19-6-7-22(35)28-27(19)41-30(40)49-28)25(36)26(20)42-31(43-29)48-15-32-8-5-9-44(32)14-18(34)11-32/h4,6-7,10,16-18H,1,5,8-9,11-15H2,2-3H3,(H2,40,41)/t16-,17+,18+,32+/m1/s1. The van der Waals surface area contributed by atoms with E-state index in [2.05, 4.69) is 21.5 Å². The highest BCUT2D eigenvalue weighted by Crippen LogP contribution is 2.47. The highest BCUT2D eigenvalue weighted by Gasteiger charge is 2.49. The molecule has 0 unspecified atom stereocenters. The number of hydrogen-bond donors (Lipinski definition) is 1. The fraction of sp³-hybridized carbons (Fsp3) is 0.455. The Bertz CT molecular complexity index is 1990. The van der Waals surface area contributed by atoms with Gasteiger partial charge in [0.1, 0.15) is 29.9 Å². The van der Waals surface area contributed by atoms with Crippen LogP contribution in [0.25, 0.3) is 32.2 Å². The molecule has 3 aliphatic rings. The second kappa shape index (κ2) is 12.0. The van der Waals surface area contributed by atoms with Gasteiger partial charge in [-0.1, -0.05) is 17.9 Å². The van der Waals surface area contributed by atoms with Crippen LogP contribution >= 0.6 is 11.3 Å². The van der Waals surface area contributed by atoms with Gasteiger partial charge < -0.3 is 20.3 Å². The van der Waals surface area contributed by atoms with E-state index < -0.39 is 58.2 Å². The predicted octanol–water partition coefficient (Wildman–Crippen LogP) is 6.35. The molecule has 3 saturated heterocycles. The lowest BCUT2D eigenvalue weighted by Gasteiger charge is -2.44. The number of amides is 1. The molecule has 7 rings (SSSR count). The van der Waals surface area contributed by atoms with Gasteiger partial charge in [-0.3, -0.25) is 9.69 Å². The van der Waals surface area contributed by atoms with E-state index in [-0.39, 0.29) is 76.7 Å². The lowest BCUT2D eigenvalue weighted by Crippen LogP contribution is -2.58. The Morgan fingerprint density at radius 1 is 1.14 bits per heavy atom. The highest BCUT2D eigenvalue weighted by atomic mass is 32.1. The number of carbonyl (C=O) groups is 1. The maximum Gasteiger partial charge on any atom is 0.417 e. The number of halogens is 6. The van der Waals surface area contributed by atoms with Crippen LogP contribution in [0.15, 0.2) is 30.9 Å². The molecule has 4 aromatic rings. The van der Waals surface area contributed by atoms with Gasteiger partial charge in [-0.2, -0.15) is 23.1 Å². The van der Waals surface area contributed by atoms with Crippen molar-refractivity contribution in [2.45, 2.75) is 63.1 Å². The number of hydrogen-bond acceptors (Lipinski definition) is 9. The summed E-state index contributed by atoms with van der Waals surface area (Å²) in [6, 6.07) is 1.61. The summed E-state index contributed by atoms with van der Waals surface area (Å²) < 4.78 is 96.8. The Morgan fingerprint density at radius 2 is 1.92 bits per heavy atom. The summed E-state index contributed by atoms with van der Waals surface area (Å²) in [6.07, 6.45) is -3.16. The Balaban J connectivity index is 1.43. The van der Waals surface area contributed by atoms with E-state index in [1.807, 2.05) is 4.90 Å². The molecule has 0 radical (unpaired) electrons. The van der Waals surface area contributed by atoms with Crippen LogP contribution < -0.4 is 15.4 Å². The number of nitrogen functional groups attached to an aromatic ring is 1. The van der Waals surface area contributed by atoms with Crippen LogP contribution in [0.3, 0.4) is 0 Å². The van der Waals surface area contributed by atoms with Gasteiger partial charge in [0.2, 0.25) is 5.91 Å².